The number of aromatic nitrogens is 1. The van der Waals surface area contributed by atoms with Crippen LogP contribution in [0.1, 0.15) is 18.4 Å². The number of hydrogen-bond donors (Lipinski definition) is 2. The molecule has 2 aromatic rings. The molecule has 0 spiro atoms. The zero-order valence-electron chi connectivity index (χ0n) is 9.84. The lowest BCUT2D eigenvalue weighted by atomic mass is 9.92. The Bertz CT molecular complexity index is 603. The van der Waals surface area contributed by atoms with Crippen molar-refractivity contribution >= 4 is 34.1 Å². The van der Waals surface area contributed by atoms with E-state index in [1.807, 2.05) is 13.1 Å². The smallest absolute Gasteiger partial charge is 0.130 e. The highest BCUT2D eigenvalue weighted by Crippen LogP contribution is 2.40. The Kier molecular flexibility index (Phi) is 2.93. The number of aliphatic hydroxyl groups is 1. The zero-order chi connectivity index (χ0) is 12.9. The van der Waals surface area contributed by atoms with Gasteiger partial charge in [-0.05, 0) is 12.5 Å². The summed E-state index contributed by atoms with van der Waals surface area (Å²) in [6, 6.07) is 1.75. The first-order chi connectivity index (χ1) is 8.56. The number of ether oxygens (including phenoxy) is 1. The molecule has 0 atom stereocenters. The van der Waals surface area contributed by atoms with Gasteiger partial charge in [0.25, 0.3) is 0 Å². The monoisotopic (exact) mass is 285 g/mol. The lowest BCUT2D eigenvalue weighted by Gasteiger charge is -2.32. The number of hydrogen-bond acceptors (Lipinski definition) is 2. The topological polar surface area (TPSA) is 45.2 Å². The van der Waals surface area contributed by atoms with Gasteiger partial charge in [-0.25, -0.2) is 0 Å². The fourth-order valence-corrected chi connectivity index (χ4v) is 2.69. The van der Waals surface area contributed by atoms with Crippen LogP contribution < -0.4 is 4.74 Å². The summed E-state index contributed by atoms with van der Waals surface area (Å²) in [4.78, 5) is 3.11. The van der Waals surface area contributed by atoms with Gasteiger partial charge in [-0.2, -0.15) is 0 Å². The molecule has 0 aliphatic heterocycles. The molecule has 18 heavy (non-hydrogen) atoms. The summed E-state index contributed by atoms with van der Waals surface area (Å²) in [5.41, 5.74) is 1.87. The first kappa shape index (κ1) is 12.2. The summed E-state index contributed by atoms with van der Waals surface area (Å²) >= 11 is 12.3. The molecule has 0 unspecified atom stereocenters. The number of H-pyrrole nitrogens is 1. The third-order valence-electron chi connectivity index (χ3n) is 3.37. The van der Waals surface area contributed by atoms with Crippen LogP contribution in [0.5, 0.6) is 5.75 Å². The molecule has 0 bridgehead atoms. The summed E-state index contributed by atoms with van der Waals surface area (Å²) < 4.78 is 5.89. The van der Waals surface area contributed by atoms with Gasteiger partial charge in [0.2, 0.25) is 0 Å². The van der Waals surface area contributed by atoms with Crippen molar-refractivity contribution < 1.29 is 9.84 Å². The quantitative estimate of drug-likeness (QED) is 0.884. The summed E-state index contributed by atoms with van der Waals surface area (Å²) in [5, 5.41) is 11.2. The van der Waals surface area contributed by atoms with Crippen molar-refractivity contribution in [3.8, 4) is 5.75 Å². The van der Waals surface area contributed by atoms with Crippen molar-refractivity contribution in [2.24, 2.45) is 0 Å². The summed E-state index contributed by atoms with van der Waals surface area (Å²) in [7, 11) is 0. The van der Waals surface area contributed by atoms with Crippen molar-refractivity contribution in [1.29, 1.82) is 0 Å². The number of fused-ring (bicyclic) bond motifs is 1. The molecule has 1 heterocycles. The van der Waals surface area contributed by atoms with Crippen LogP contribution in [0.15, 0.2) is 12.3 Å². The van der Waals surface area contributed by atoms with E-state index in [0.717, 1.165) is 22.2 Å². The van der Waals surface area contributed by atoms with E-state index in [2.05, 4.69) is 4.98 Å². The molecule has 2 N–H and O–H groups in total. The average molecular weight is 286 g/mol. The Morgan fingerprint density at radius 3 is 2.78 bits per heavy atom. The first-order valence-corrected chi connectivity index (χ1v) is 6.62. The van der Waals surface area contributed by atoms with Gasteiger partial charge >= 0.3 is 0 Å². The van der Waals surface area contributed by atoms with Gasteiger partial charge in [0, 0.05) is 30.5 Å². The second-order valence-electron chi connectivity index (χ2n) is 4.76. The van der Waals surface area contributed by atoms with Crippen LogP contribution in [0, 0.1) is 6.92 Å². The molecule has 96 valence electrons. The number of aliphatic hydroxyl groups excluding tert-OH is 1. The average Bonchev–Trinajstić information content (AvgIpc) is 2.66. The third-order valence-corrected chi connectivity index (χ3v) is 4.16. The van der Waals surface area contributed by atoms with Gasteiger partial charge in [0.05, 0.1) is 21.7 Å². The van der Waals surface area contributed by atoms with Crippen LogP contribution >= 0.6 is 23.2 Å². The van der Waals surface area contributed by atoms with E-state index in [4.69, 9.17) is 27.9 Å². The van der Waals surface area contributed by atoms with Gasteiger partial charge < -0.3 is 14.8 Å². The fourth-order valence-electron chi connectivity index (χ4n) is 2.29. The highest BCUT2D eigenvalue weighted by atomic mass is 35.5. The van der Waals surface area contributed by atoms with E-state index < -0.39 is 0 Å². The summed E-state index contributed by atoms with van der Waals surface area (Å²) in [6.07, 6.45) is 3.06. The number of rotatable bonds is 2. The van der Waals surface area contributed by atoms with Crippen LogP contribution in [0.3, 0.4) is 0 Å². The van der Waals surface area contributed by atoms with Gasteiger partial charge in [-0.15, -0.1) is 0 Å². The van der Waals surface area contributed by atoms with Crippen LogP contribution in [-0.2, 0) is 0 Å². The second kappa shape index (κ2) is 4.34. The van der Waals surface area contributed by atoms with Crippen molar-refractivity contribution in [3.05, 3.63) is 27.9 Å². The maximum atomic E-state index is 9.29. The zero-order valence-corrected chi connectivity index (χ0v) is 11.3. The van der Waals surface area contributed by atoms with Gasteiger partial charge in [0.15, 0.2) is 0 Å². The normalized spacial score (nSPS) is 23.1. The maximum Gasteiger partial charge on any atom is 0.130 e. The molecule has 1 fully saturated rings. The molecule has 3 nitrogen and oxygen atoms in total. The van der Waals surface area contributed by atoms with Crippen molar-refractivity contribution in [1.82, 2.24) is 4.98 Å². The maximum absolute atomic E-state index is 9.29. The van der Waals surface area contributed by atoms with E-state index in [1.54, 1.807) is 6.07 Å². The van der Waals surface area contributed by atoms with E-state index >= 15 is 0 Å². The van der Waals surface area contributed by atoms with E-state index in [-0.39, 0.29) is 12.2 Å². The minimum atomic E-state index is -0.236. The molecule has 1 aromatic carbocycles. The lowest BCUT2D eigenvalue weighted by molar-refractivity contribution is -0.0100. The number of aromatic amines is 1. The number of halogens is 2. The predicted octanol–water partition coefficient (Wildman–Crippen LogP) is 3.69. The Balaban J connectivity index is 2.04. The molecule has 3 rings (SSSR count). The Hall–Kier alpha value is -0.900. The minimum absolute atomic E-state index is 0.0646. The molecule has 1 aliphatic rings. The molecule has 5 heteroatoms. The number of nitrogens with one attached hydrogen (secondary N) is 1. The molecule has 0 saturated heterocycles. The highest BCUT2D eigenvalue weighted by molar-refractivity contribution is 6.45. The predicted molar refractivity (Wildman–Crippen MR) is 72.7 cm³/mol. The first-order valence-electron chi connectivity index (χ1n) is 5.86. The van der Waals surface area contributed by atoms with Crippen LogP contribution in [-0.4, -0.2) is 22.3 Å². The molecule has 1 saturated carbocycles. The van der Waals surface area contributed by atoms with Crippen molar-refractivity contribution in [3.63, 3.8) is 0 Å². The minimum Gasteiger partial charge on any atom is -0.489 e. The largest absolute Gasteiger partial charge is 0.489 e. The van der Waals surface area contributed by atoms with Crippen LogP contribution in [0.25, 0.3) is 10.9 Å². The molecular formula is C13H13Cl2NO2. The van der Waals surface area contributed by atoms with E-state index in [0.29, 0.717) is 22.9 Å². The second-order valence-corrected chi connectivity index (χ2v) is 5.54. The molecule has 0 radical (unpaired) electrons. The Morgan fingerprint density at radius 1 is 1.39 bits per heavy atom. The Morgan fingerprint density at radius 2 is 2.11 bits per heavy atom. The van der Waals surface area contributed by atoms with Gasteiger partial charge in [-0.1, -0.05) is 23.2 Å². The summed E-state index contributed by atoms with van der Waals surface area (Å²) in [5.74, 6) is 0.732. The molecular weight excluding hydrogens is 273 g/mol. The number of benzene rings is 1. The Labute approximate surface area is 115 Å². The van der Waals surface area contributed by atoms with Gasteiger partial charge in [-0.3, -0.25) is 0 Å². The third kappa shape index (κ3) is 1.87. The summed E-state index contributed by atoms with van der Waals surface area (Å²) in [6.45, 7) is 1.99. The molecule has 1 aromatic heterocycles. The van der Waals surface area contributed by atoms with Gasteiger partial charge in [0.1, 0.15) is 11.9 Å². The highest BCUT2D eigenvalue weighted by Gasteiger charge is 2.30. The van der Waals surface area contributed by atoms with Crippen LogP contribution in [0.2, 0.25) is 10.0 Å². The molecule has 1 aliphatic carbocycles. The number of aryl methyl sites for hydroxylation is 1. The standard InChI is InChI=1S/C13H13Cl2NO2/c1-6-5-16-13-11(6)10(4-9(14)12(13)15)18-8-2-7(17)3-8/h4-5,7-8,16-17H,2-3H2,1H3. The lowest BCUT2D eigenvalue weighted by Crippen LogP contribution is -2.37. The van der Waals surface area contributed by atoms with Crippen molar-refractivity contribution in [2.45, 2.75) is 32.0 Å². The van der Waals surface area contributed by atoms with E-state index in [1.165, 1.54) is 0 Å². The van der Waals surface area contributed by atoms with E-state index in [9.17, 15) is 5.11 Å². The molecule has 0 amide bonds. The van der Waals surface area contributed by atoms with Crippen molar-refractivity contribution in [2.75, 3.05) is 0 Å². The van der Waals surface area contributed by atoms with Crippen LogP contribution in [0.4, 0.5) is 0 Å². The fraction of sp³-hybridized carbons (Fsp3) is 0.385. The SMILES string of the molecule is Cc1c[nH]c2c(Cl)c(Cl)cc(OC3CC(O)C3)c12.